The van der Waals surface area contributed by atoms with Crippen LogP contribution in [0.4, 0.5) is 10.1 Å². The molecular formula is C26H21ClFNO4. The van der Waals surface area contributed by atoms with Crippen LogP contribution in [0.15, 0.2) is 71.4 Å². The SMILES string of the molecule is COc1ccc(-c2coc3cc(OC)c(/C(C)=C/C(=O)Nc4ccc(F)c(Cl)c4)cc23)cc1. The first-order valence-corrected chi connectivity index (χ1v) is 10.5. The maximum absolute atomic E-state index is 13.4. The van der Waals surface area contributed by atoms with Crippen LogP contribution < -0.4 is 14.8 Å². The number of hydrogen-bond donors (Lipinski definition) is 1. The van der Waals surface area contributed by atoms with E-state index < -0.39 is 5.82 Å². The molecule has 0 spiro atoms. The molecule has 3 aromatic carbocycles. The molecule has 1 aromatic heterocycles. The van der Waals surface area contributed by atoms with Crippen LogP contribution in [0, 0.1) is 5.82 Å². The van der Waals surface area contributed by atoms with E-state index in [9.17, 15) is 9.18 Å². The number of fused-ring (bicyclic) bond motifs is 1. The summed E-state index contributed by atoms with van der Waals surface area (Å²) in [5.41, 5.74) is 4.37. The van der Waals surface area contributed by atoms with Gasteiger partial charge >= 0.3 is 0 Å². The Balaban J connectivity index is 1.68. The van der Waals surface area contributed by atoms with Crippen LogP contribution in [0.25, 0.3) is 27.7 Å². The maximum Gasteiger partial charge on any atom is 0.248 e. The monoisotopic (exact) mass is 465 g/mol. The Kier molecular flexibility index (Phi) is 6.38. The lowest BCUT2D eigenvalue weighted by atomic mass is 9.99. The summed E-state index contributed by atoms with van der Waals surface area (Å²) in [5.74, 6) is 0.415. The number of nitrogens with one attached hydrogen (secondary N) is 1. The maximum atomic E-state index is 13.4. The van der Waals surface area contributed by atoms with E-state index in [2.05, 4.69) is 5.32 Å². The fourth-order valence-electron chi connectivity index (χ4n) is 3.55. The van der Waals surface area contributed by atoms with Gasteiger partial charge in [-0.05, 0) is 54.5 Å². The lowest BCUT2D eigenvalue weighted by Gasteiger charge is -2.10. The van der Waals surface area contributed by atoms with E-state index in [4.69, 9.17) is 25.5 Å². The van der Waals surface area contributed by atoms with Gasteiger partial charge in [0.15, 0.2) is 0 Å². The Bertz CT molecular complexity index is 1360. The van der Waals surface area contributed by atoms with E-state index in [-0.39, 0.29) is 10.9 Å². The van der Waals surface area contributed by atoms with E-state index in [0.717, 1.165) is 27.8 Å². The van der Waals surface area contributed by atoms with E-state index in [1.807, 2.05) is 37.3 Å². The van der Waals surface area contributed by atoms with Gasteiger partial charge in [0.05, 0.1) is 25.5 Å². The highest BCUT2D eigenvalue weighted by Crippen LogP contribution is 2.37. The third kappa shape index (κ3) is 4.71. The quantitative estimate of drug-likeness (QED) is 0.313. The van der Waals surface area contributed by atoms with Gasteiger partial charge in [0.1, 0.15) is 22.9 Å². The van der Waals surface area contributed by atoms with Crippen molar-refractivity contribution in [3.63, 3.8) is 0 Å². The molecule has 5 nitrogen and oxygen atoms in total. The minimum atomic E-state index is -0.549. The second-order valence-corrected chi connectivity index (χ2v) is 7.78. The second-order valence-electron chi connectivity index (χ2n) is 7.37. The number of amides is 1. The summed E-state index contributed by atoms with van der Waals surface area (Å²) < 4.78 is 29.9. The zero-order valence-corrected chi connectivity index (χ0v) is 19.0. The number of furan rings is 1. The molecule has 0 fully saturated rings. The topological polar surface area (TPSA) is 60.7 Å². The average molecular weight is 466 g/mol. The Morgan fingerprint density at radius 2 is 1.82 bits per heavy atom. The fourth-order valence-corrected chi connectivity index (χ4v) is 3.73. The van der Waals surface area contributed by atoms with Gasteiger partial charge in [0.2, 0.25) is 5.91 Å². The summed E-state index contributed by atoms with van der Waals surface area (Å²) in [7, 11) is 3.18. The van der Waals surface area contributed by atoms with Gasteiger partial charge in [-0.15, -0.1) is 0 Å². The predicted molar refractivity (Wildman–Crippen MR) is 128 cm³/mol. The Hall–Kier alpha value is -3.77. The largest absolute Gasteiger partial charge is 0.497 e. The molecule has 0 aliphatic rings. The molecule has 4 rings (SSSR count). The number of benzene rings is 3. The molecule has 1 heterocycles. The minimum Gasteiger partial charge on any atom is -0.497 e. The number of carbonyl (C=O) groups is 1. The first kappa shape index (κ1) is 22.4. The van der Waals surface area contributed by atoms with Crippen LogP contribution in [0.5, 0.6) is 11.5 Å². The van der Waals surface area contributed by atoms with Gasteiger partial charge in [-0.2, -0.15) is 0 Å². The number of methoxy groups -OCH3 is 2. The Morgan fingerprint density at radius 3 is 2.48 bits per heavy atom. The minimum absolute atomic E-state index is 0.0633. The van der Waals surface area contributed by atoms with Crippen LogP contribution in [0.3, 0.4) is 0 Å². The van der Waals surface area contributed by atoms with Crippen LogP contribution in [0.2, 0.25) is 5.02 Å². The standard InChI is InChI=1S/C26H21ClFNO4/c1-15(10-26(30)29-17-6-9-23(28)22(27)11-17)19-12-20-21(14-33-25(20)13-24(19)32-3)16-4-7-18(31-2)8-5-16/h4-14H,1-3H3,(H,29,30)/b15-10+. The van der Waals surface area contributed by atoms with Gasteiger partial charge in [-0.3, -0.25) is 4.79 Å². The molecule has 0 saturated heterocycles. The van der Waals surface area contributed by atoms with Crippen molar-refractivity contribution in [3.05, 3.63) is 83.3 Å². The van der Waals surface area contributed by atoms with E-state index in [0.29, 0.717) is 22.6 Å². The summed E-state index contributed by atoms with van der Waals surface area (Å²) in [5, 5.41) is 3.51. The molecule has 33 heavy (non-hydrogen) atoms. The first-order chi connectivity index (χ1) is 15.9. The summed E-state index contributed by atoms with van der Waals surface area (Å²) in [6, 6.07) is 15.4. The number of rotatable bonds is 6. The van der Waals surface area contributed by atoms with Gasteiger partial charge < -0.3 is 19.2 Å². The van der Waals surface area contributed by atoms with Crippen molar-refractivity contribution in [2.24, 2.45) is 0 Å². The van der Waals surface area contributed by atoms with E-state index >= 15 is 0 Å². The highest BCUT2D eigenvalue weighted by Gasteiger charge is 2.15. The summed E-state index contributed by atoms with van der Waals surface area (Å²) in [4.78, 5) is 12.6. The van der Waals surface area contributed by atoms with Gasteiger partial charge in [-0.25, -0.2) is 4.39 Å². The Labute approximate surface area is 195 Å². The van der Waals surface area contributed by atoms with Crippen LogP contribution in [-0.4, -0.2) is 20.1 Å². The number of ether oxygens (including phenoxy) is 2. The van der Waals surface area contributed by atoms with Crippen LogP contribution in [-0.2, 0) is 4.79 Å². The van der Waals surface area contributed by atoms with Crippen molar-refractivity contribution in [2.45, 2.75) is 6.92 Å². The smallest absolute Gasteiger partial charge is 0.248 e. The Morgan fingerprint density at radius 1 is 1.06 bits per heavy atom. The molecule has 0 aliphatic carbocycles. The third-order valence-electron chi connectivity index (χ3n) is 5.26. The fraction of sp³-hybridized carbons (Fsp3) is 0.115. The number of carbonyl (C=O) groups excluding carboxylic acids is 1. The van der Waals surface area contributed by atoms with Crippen molar-refractivity contribution in [2.75, 3.05) is 19.5 Å². The second kappa shape index (κ2) is 9.38. The van der Waals surface area contributed by atoms with Crippen LogP contribution in [0.1, 0.15) is 12.5 Å². The molecule has 168 valence electrons. The van der Waals surface area contributed by atoms with Crippen molar-refractivity contribution in [1.82, 2.24) is 0 Å². The van der Waals surface area contributed by atoms with Gasteiger partial charge in [0.25, 0.3) is 0 Å². The highest BCUT2D eigenvalue weighted by atomic mass is 35.5. The van der Waals surface area contributed by atoms with Crippen LogP contribution >= 0.6 is 11.6 Å². The molecular weight excluding hydrogens is 445 g/mol. The van der Waals surface area contributed by atoms with E-state index in [1.54, 1.807) is 26.5 Å². The van der Waals surface area contributed by atoms with Gasteiger partial charge in [0, 0.05) is 34.3 Å². The molecule has 0 unspecified atom stereocenters. The number of allylic oxidation sites excluding steroid dienone is 1. The number of anilines is 1. The third-order valence-corrected chi connectivity index (χ3v) is 5.55. The lowest BCUT2D eigenvalue weighted by molar-refractivity contribution is -0.111. The summed E-state index contributed by atoms with van der Waals surface area (Å²) in [6.45, 7) is 1.81. The molecule has 4 aromatic rings. The summed E-state index contributed by atoms with van der Waals surface area (Å²) >= 11 is 5.79. The first-order valence-electron chi connectivity index (χ1n) is 10.1. The molecule has 0 atom stereocenters. The van der Waals surface area contributed by atoms with Crippen molar-refractivity contribution in [1.29, 1.82) is 0 Å². The van der Waals surface area contributed by atoms with Gasteiger partial charge in [-0.1, -0.05) is 23.7 Å². The average Bonchev–Trinajstić information content (AvgIpc) is 3.23. The van der Waals surface area contributed by atoms with E-state index in [1.165, 1.54) is 24.3 Å². The molecule has 0 aliphatic heterocycles. The normalized spacial score (nSPS) is 11.5. The number of hydrogen-bond acceptors (Lipinski definition) is 4. The number of halogens is 2. The lowest BCUT2D eigenvalue weighted by Crippen LogP contribution is -2.08. The van der Waals surface area contributed by atoms with Crippen molar-refractivity contribution in [3.8, 4) is 22.6 Å². The molecule has 7 heteroatoms. The van der Waals surface area contributed by atoms with Crippen molar-refractivity contribution >= 4 is 39.7 Å². The predicted octanol–water partition coefficient (Wildman–Crippen LogP) is 6.95. The zero-order chi connectivity index (χ0) is 23.5. The highest BCUT2D eigenvalue weighted by molar-refractivity contribution is 6.31. The summed E-state index contributed by atoms with van der Waals surface area (Å²) in [6.07, 6.45) is 3.15. The molecule has 1 N–H and O–H groups in total. The molecule has 1 amide bonds. The molecule has 0 bridgehead atoms. The molecule has 0 radical (unpaired) electrons. The molecule has 0 saturated carbocycles. The zero-order valence-electron chi connectivity index (χ0n) is 18.2. The van der Waals surface area contributed by atoms with Crippen molar-refractivity contribution < 1.29 is 23.1 Å².